The maximum atomic E-state index is 3.58. The minimum atomic E-state index is 0.941. The number of hydrogen-bond donors (Lipinski definition) is 0. The molecule has 0 rings (SSSR count). The molecule has 0 fully saturated rings. The number of halogens is 1. The van der Waals surface area contributed by atoms with Gasteiger partial charge in [-0.1, -0.05) is 28.1 Å². The van der Waals surface area contributed by atoms with Crippen molar-refractivity contribution in [2.45, 2.75) is 13.3 Å². The van der Waals surface area contributed by atoms with E-state index in [2.05, 4.69) is 22.5 Å². The van der Waals surface area contributed by atoms with Gasteiger partial charge in [-0.15, -0.1) is 6.58 Å². The molecule has 40 valence electrons. The lowest BCUT2D eigenvalue weighted by Crippen LogP contribution is -1.60. The third kappa shape index (κ3) is 3.80. The first-order valence-electron chi connectivity index (χ1n) is 2.23. The van der Waals surface area contributed by atoms with Gasteiger partial charge < -0.3 is 0 Å². The monoisotopic (exact) mass is 160 g/mol. The molecule has 0 N–H and O–H groups in total. The summed E-state index contributed by atoms with van der Waals surface area (Å²) in [7, 11) is 0. The standard InChI is InChI=1S/C6H9Br/c1-3-5-6(7)4-2/h3-4H,1,5H2,2H3. The summed E-state index contributed by atoms with van der Waals surface area (Å²) >= 11 is 3.33. The highest BCUT2D eigenvalue weighted by molar-refractivity contribution is 9.11. The van der Waals surface area contributed by atoms with Crippen molar-refractivity contribution in [1.29, 1.82) is 0 Å². The molecule has 0 atom stereocenters. The number of allylic oxidation sites excluding steroid dienone is 3. The highest BCUT2D eigenvalue weighted by Crippen LogP contribution is 2.08. The molecule has 0 aliphatic heterocycles. The van der Waals surface area contributed by atoms with Crippen LogP contribution in [0.15, 0.2) is 23.2 Å². The Morgan fingerprint density at radius 3 is 2.57 bits per heavy atom. The van der Waals surface area contributed by atoms with Gasteiger partial charge in [-0.25, -0.2) is 0 Å². The Morgan fingerprint density at radius 2 is 2.43 bits per heavy atom. The summed E-state index contributed by atoms with van der Waals surface area (Å²) in [5, 5.41) is 0. The van der Waals surface area contributed by atoms with Gasteiger partial charge in [0.2, 0.25) is 0 Å². The molecule has 1 heteroatoms. The summed E-state index contributed by atoms with van der Waals surface area (Å²) in [6.07, 6.45) is 4.82. The van der Waals surface area contributed by atoms with Crippen LogP contribution in [-0.2, 0) is 0 Å². The van der Waals surface area contributed by atoms with Gasteiger partial charge in [0.15, 0.2) is 0 Å². The van der Waals surface area contributed by atoms with Gasteiger partial charge in [-0.05, 0) is 17.8 Å². The second kappa shape index (κ2) is 4.13. The van der Waals surface area contributed by atoms with Crippen molar-refractivity contribution in [2.75, 3.05) is 0 Å². The Kier molecular flexibility index (Phi) is 4.10. The van der Waals surface area contributed by atoms with Crippen LogP contribution in [0.25, 0.3) is 0 Å². The predicted molar refractivity (Wildman–Crippen MR) is 37.5 cm³/mol. The Morgan fingerprint density at radius 1 is 1.86 bits per heavy atom. The molecule has 0 amide bonds. The van der Waals surface area contributed by atoms with Gasteiger partial charge in [-0.3, -0.25) is 0 Å². The molecule has 0 spiro atoms. The second-order valence-electron chi connectivity index (χ2n) is 1.23. The number of hydrogen-bond acceptors (Lipinski definition) is 0. The van der Waals surface area contributed by atoms with Crippen LogP contribution < -0.4 is 0 Å². The lowest BCUT2D eigenvalue weighted by molar-refractivity contribution is 1.37. The molecule has 0 saturated heterocycles. The Hall–Kier alpha value is -0.0400. The van der Waals surface area contributed by atoms with Crippen LogP contribution in [0.5, 0.6) is 0 Å². The first kappa shape index (κ1) is 6.96. The molecule has 7 heavy (non-hydrogen) atoms. The van der Waals surface area contributed by atoms with Crippen LogP contribution >= 0.6 is 15.9 Å². The van der Waals surface area contributed by atoms with E-state index >= 15 is 0 Å². The molecule has 0 aromatic carbocycles. The summed E-state index contributed by atoms with van der Waals surface area (Å²) in [6.45, 7) is 5.57. The number of rotatable bonds is 2. The fourth-order valence-electron chi connectivity index (χ4n) is 0.256. The van der Waals surface area contributed by atoms with E-state index in [1.54, 1.807) is 0 Å². The highest BCUT2D eigenvalue weighted by Gasteiger charge is 1.78. The lowest BCUT2D eigenvalue weighted by Gasteiger charge is -1.84. The molecule has 0 aromatic rings. The predicted octanol–water partition coefficient (Wildman–Crippen LogP) is 2.86. The van der Waals surface area contributed by atoms with Crippen LogP contribution in [0.4, 0.5) is 0 Å². The Labute approximate surface area is 53.1 Å². The lowest BCUT2D eigenvalue weighted by atomic mass is 10.4. The van der Waals surface area contributed by atoms with Crippen molar-refractivity contribution in [3.05, 3.63) is 23.2 Å². The molecule has 0 heterocycles. The van der Waals surface area contributed by atoms with Gasteiger partial charge in [-0.2, -0.15) is 0 Å². The van der Waals surface area contributed by atoms with Crippen LogP contribution in [0, 0.1) is 0 Å². The van der Waals surface area contributed by atoms with Crippen molar-refractivity contribution < 1.29 is 0 Å². The van der Waals surface area contributed by atoms with Crippen molar-refractivity contribution in [1.82, 2.24) is 0 Å². The van der Waals surface area contributed by atoms with Gasteiger partial charge in [0.05, 0.1) is 0 Å². The average molecular weight is 161 g/mol. The third-order valence-corrected chi connectivity index (χ3v) is 1.43. The summed E-state index contributed by atoms with van der Waals surface area (Å²) in [5.41, 5.74) is 0. The molecule has 0 radical (unpaired) electrons. The van der Waals surface area contributed by atoms with Gasteiger partial charge in [0, 0.05) is 0 Å². The van der Waals surface area contributed by atoms with E-state index in [0.717, 1.165) is 6.42 Å². The van der Waals surface area contributed by atoms with E-state index in [1.165, 1.54) is 4.48 Å². The zero-order valence-corrected chi connectivity index (χ0v) is 6.03. The van der Waals surface area contributed by atoms with E-state index < -0.39 is 0 Å². The van der Waals surface area contributed by atoms with E-state index in [9.17, 15) is 0 Å². The fraction of sp³-hybridized carbons (Fsp3) is 0.333. The molecule has 0 nitrogen and oxygen atoms in total. The molecule has 0 aliphatic carbocycles. The molecule has 0 unspecified atom stereocenters. The summed E-state index contributed by atoms with van der Waals surface area (Å²) in [4.78, 5) is 0. The molecular formula is C6H9Br. The molecule has 0 saturated carbocycles. The van der Waals surface area contributed by atoms with Crippen LogP contribution in [-0.4, -0.2) is 0 Å². The van der Waals surface area contributed by atoms with E-state index in [1.807, 2.05) is 19.1 Å². The molecule has 0 bridgehead atoms. The quantitative estimate of drug-likeness (QED) is 0.546. The minimum absolute atomic E-state index is 0.941. The summed E-state index contributed by atoms with van der Waals surface area (Å²) < 4.78 is 1.20. The molecule has 0 aromatic heterocycles. The minimum Gasteiger partial charge on any atom is -0.103 e. The van der Waals surface area contributed by atoms with E-state index in [-0.39, 0.29) is 0 Å². The first-order valence-corrected chi connectivity index (χ1v) is 3.02. The smallest absolute Gasteiger partial charge is 0.00370 e. The topological polar surface area (TPSA) is 0 Å². The summed E-state index contributed by atoms with van der Waals surface area (Å²) in [5.74, 6) is 0. The van der Waals surface area contributed by atoms with E-state index in [0.29, 0.717) is 0 Å². The van der Waals surface area contributed by atoms with Crippen molar-refractivity contribution in [3.63, 3.8) is 0 Å². The van der Waals surface area contributed by atoms with Gasteiger partial charge >= 0.3 is 0 Å². The zero-order valence-electron chi connectivity index (χ0n) is 4.45. The maximum Gasteiger partial charge on any atom is -0.00370 e. The van der Waals surface area contributed by atoms with Crippen molar-refractivity contribution >= 4 is 15.9 Å². The van der Waals surface area contributed by atoms with Crippen LogP contribution in [0.3, 0.4) is 0 Å². The van der Waals surface area contributed by atoms with Gasteiger partial charge in [0.25, 0.3) is 0 Å². The molecule has 0 aliphatic rings. The molecular weight excluding hydrogens is 152 g/mol. The first-order chi connectivity index (χ1) is 3.31. The second-order valence-corrected chi connectivity index (χ2v) is 2.25. The normalized spacial score (nSPS) is 11.4. The van der Waals surface area contributed by atoms with Gasteiger partial charge in [0.1, 0.15) is 0 Å². The van der Waals surface area contributed by atoms with Crippen LogP contribution in [0.2, 0.25) is 0 Å². The zero-order chi connectivity index (χ0) is 5.70. The highest BCUT2D eigenvalue weighted by atomic mass is 79.9. The third-order valence-electron chi connectivity index (χ3n) is 0.653. The fourth-order valence-corrected chi connectivity index (χ4v) is 0.485. The van der Waals surface area contributed by atoms with Crippen LogP contribution in [0.1, 0.15) is 13.3 Å². The Bertz CT molecular complexity index is 82.2. The SMILES string of the molecule is C=CCC(Br)=CC. The average Bonchev–Trinajstić information content (AvgIpc) is 1.68. The largest absolute Gasteiger partial charge is 0.103 e. The van der Waals surface area contributed by atoms with Crippen molar-refractivity contribution in [2.24, 2.45) is 0 Å². The summed E-state index contributed by atoms with van der Waals surface area (Å²) in [6, 6.07) is 0. The van der Waals surface area contributed by atoms with E-state index in [4.69, 9.17) is 0 Å². The van der Waals surface area contributed by atoms with Crippen molar-refractivity contribution in [3.8, 4) is 0 Å². The Balaban J connectivity index is 3.36. The maximum absolute atomic E-state index is 3.58.